The van der Waals surface area contributed by atoms with Gasteiger partial charge in [0.25, 0.3) is 5.56 Å². The predicted octanol–water partition coefficient (Wildman–Crippen LogP) is 2.95. The minimum Gasteiger partial charge on any atom is -0.348 e. The Hall–Kier alpha value is -2.45. The second-order valence-electron chi connectivity index (χ2n) is 8.05. The zero-order valence-electron chi connectivity index (χ0n) is 19.0. The maximum atomic E-state index is 12.7. The molecule has 2 aromatic rings. The number of pyridine rings is 1. The molecule has 0 aliphatic heterocycles. The van der Waals surface area contributed by atoms with Gasteiger partial charge >= 0.3 is 0 Å². The van der Waals surface area contributed by atoms with E-state index in [-0.39, 0.29) is 23.4 Å². The minimum absolute atomic E-state index is 0.00242. The lowest BCUT2D eigenvalue weighted by molar-refractivity contribution is -0.122. The molecule has 0 bridgehead atoms. The average Bonchev–Trinajstić information content (AvgIpc) is 2.70. The molecule has 2 rings (SSSR count). The number of nitrogens with zero attached hydrogens (tertiary/aromatic N) is 2. The second kappa shape index (κ2) is 10.7. The van der Waals surface area contributed by atoms with Crippen LogP contribution >= 0.6 is 0 Å². The number of rotatable bonds is 10. The van der Waals surface area contributed by atoms with E-state index in [1.807, 2.05) is 19.1 Å². The molecule has 0 fully saturated rings. The summed E-state index contributed by atoms with van der Waals surface area (Å²) in [6.45, 7) is 10.1. The first-order valence-electron chi connectivity index (χ1n) is 10.7. The average molecular weight is 448 g/mol. The number of nitrogens with one attached hydrogen (secondary N) is 1. The van der Waals surface area contributed by atoms with Crippen molar-refractivity contribution in [3.05, 3.63) is 64.1 Å². The van der Waals surface area contributed by atoms with Gasteiger partial charge in [0.1, 0.15) is 6.54 Å². The van der Waals surface area contributed by atoms with Crippen LogP contribution in [-0.2, 0) is 27.8 Å². The van der Waals surface area contributed by atoms with Gasteiger partial charge in [0, 0.05) is 25.4 Å². The van der Waals surface area contributed by atoms with E-state index in [4.69, 9.17) is 0 Å². The van der Waals surface area contributed by atoms with Gasteiger partial charge in [-0.3, -0.25) is 9.59 Å². The molecule has 170 valence electrons. The Morgan fingerprint density at radius 2 is 1.65 bits per heavy atom. The van der Waals surface area contributed by atoms with E-state index in [0.29, 0.717) is 19.0 Å². The second-order valence-corrected chi connectivity index (χ2v) is 9.99. The van der Waals surface area contributed by atoms with E-state index in [2.05, 4.69) is 31.3 Å². The van der Waals surface area contributed by atoms with Crippen molar-refractivity contribution in [1.29, 1.82) is 0 Å². The first-order chi connectivity index (χ1) is 14.6. The molecule has 0 aliphatic carbocycles. The standard InChI is InChI=1S/C23H33N3O4S/c1-6-26(7-2)31(29,30)21-12-13-23(28)25(15-21)16-22(27)24-18(5)20-10-8-19(9-11-20)14-17(3)4/h8-13,15,17-18H,6-7,14,16H2,1-5H3,(H,24,27). The van der Waals surface area contributed by atoms with Gasteiger partial charge in [-0.1, -0.05) is 52.0 Å². The van der Waals surface area contributed by atoms with Crippen LogP contribution in [0.3, 0.4) is 0 Å². The molecule has 31 heavy (non-hydrogen) atoms. The van der Waals surface area contributed by atoms with Crippen molar-refractivity contribution in [2.75, 3.05) is 13.1 Å². The molecule has 1 heterocycles. The maximum absolute atomic E-state index is 12.7. The van der Waals surface area contributed by atoms with Gasteiger partial charge in [0.15, 0.2) is 0 Å². The number of benzene rings is 1. The zero-order valence-corrected chi connectivity index (χ0v) is 19.8. The summed E-state index contributed by atoms with van der Waals surface area (Å²) in [5.41, 5.74) is 1.78. The molecule has 8 heteroatoms. The molecule has 1 amide bonds. The summed E-state index contributed by atoms with van der Waals surface area (Å²) in [5, 5.41) is 2.88. The summed E-state index contributed by atoms with van der Waals surface area (Å²) in [4.78, 5) is 24.7. The maximum Gasteiger partial charge on any atom is 0.251 e. The first-order valence-corrected chi connectivity index (χ1v) is 12.1. The highest BCUT2D eigenvalue weighted by molar-refractivity contribution is 7.89. The van der Waals surface area contributed by atoms with Crippen LogP contribution in [0.25, 0.3) is 0 Å². The number of sulfonamides is 1. The number of carbonyl (C=O) groups excluding carboxylic acids is 1. The molecule has 0 spiro atoms. The fourth-order valence-electron chi connectivity index (χ4n) is 3.44. The fraction of sp³-hybridized carbons (Fsp3) is 0.478. The molecule has 1 unspecified atom stereocenters. The number of aromatic nitrogens is 1. The number of hydrogen-bond acceptors (Lipinski definition) is 4. The van der Waals surface area contributed by atoms with Crippen LogP contribution < -0.4 is 10.9 Å². The van der Waals surface area contributed by atoms with E-state index < -0.39 is 15.6 Å². The molecular weight excluding hydrogens is 414 g/mol. The van der Waals surface area contributed by atoms with Gasteiger partial charge in [-0.25, -0.2) is 8.42 Å². The summed E-state index contributed by atoms with van der Waals surface area (Å²) in [5.74, 6) is 0.209. The van der Waals surface area contributed by atoms with Crippen LogP contribution in [0.5, 0.6) is 0 Å². The van der Waals surface area contributed by atoms with E-state index in [1.54, 1.807) is 13.8 Å². The predicted molar refractivity (Wildman–Crippen MR) is 122 cm³/mol. The molecule has 0 radical (unpaired) electrons. The van der Waals surface area contributed by atoms with Crippen molar-refractivity contribution in [1.82, 2.24) is 14.2 Å². The smallest absolute Gasteiger partial charge is 0.251 e. The van der Waals surface area contributed by atoms with E-state index in [0.717, 1.165) is 16.6 Å². The highest BCUT2D eigenvalue weighted by atomic mass is 32.2. The Kier molecular flexibility index (Phi) is 8.59. The first kappa shape index (κ1) is 24.8. The van der Waals surface area contributed by atoms with Crippen LogP contribution in [0.15, 0.2) is 52.3 Å². The SMILES string of the molecule is CCN(CC)S(=O)(=O)c1ccc(=O)n(CC(=O)NC(C)c2ccc(CC(C)C)cc2)c1. The number of hydrogen-bond donors (Lipinski definition) is 1. The van der Waals surface area contributed by atoms with Crippen molar-refractivity contribution < 1.29 is 13.2 Å². The zero-order chi connectivity index (χ0) is 23.2. The normalized spacial score (nSPS) is 12.9. The lowest BCUT2D eigenvalue weighted by Crippen LogP contribution is -2.35. The number of carbonyl (C=O) groups is 1. The lowest BCUT2D eigenvalue weighted by Gasteiger charge is -2.19. The molecule has 0 saturated heterocycles. The summed E-state index contributed by atoms with van der Waals surface area (Å²) in [6, 6.07) is 10.3. The van der Waals surface area contributed by atoms with Crippen molar-refractivity contribution in [2.45, 2.75) is 58.5 Å². The number of amides is 1. The summed E-state index contributed by atoms with van der Waals surface area (Å²) in [6.07, 6.45) is 2.23. The topological polar surface area (TPSA) is 88.5 Å². The Labute approximate surface area is 185 Å². The van der Waals surface area contributed by atoms with Crippen molar-refractivity contribution in [2.24, 2.45) is 5.92 Å². The molecule has 1 aromatic carbocycles. The quantitative estimate of drug-likeness (QED) is 0.606. The fourth-order valence-corrected chi connectivity index (χ4v) is 4.92. The largest absolute Gasteiger partial charge is 0.348 e. The summed E-state index contributed by atoms with van der Waals surface area (Å²) < 4.78 is 27.9. The van der Waals surface area contributed by atoms with Gasteiger partial charge in [-0.05, 0) is 36.5 Å². The van der Waals surface area contributed by atoms with E-state index >= 15 is 0 Å². The Bertz CT molecular complexity index is 1040. The molecule has 1 aromatic heterocycles. The molecular formula is C23H33N3O4S. The molecule has 7 nitrogen and oxygen atoms in total. The molecule has 1 atom stereocenters. The third kappa shape index (κ3) is 6.51. The van der Waals surface area contributed by atoms with Crippen molar-refractivity contribution in [3.8, 4) is 0 Å². The van der Waals surface area contributed by atoms with Crippen molar-refractivity contribution in [3.63, 3.8) is 0 Å². The Morgan fingerprint density at radius 3 is 2.19 bits per heavy atom. The molecule has 0 saturated carbocycles. The summed E-state index contributed by atoms with van der Waals surface area (Å²) in [7, 11) is -3.71. The third-order valence-electron chi connectivity index (χ3n) is 5.11. The van der Waals surface area contributed by atoms with Gasteiger partial charge in [-0.15, -0.1) is 0 Å². The van der Waals surface area contributed by atoms with Gasteiger partial charge in [0.05, 0.1) is 10.9 Å². The third-order valence-corrected chi connectivity index (χ3v) is 7.15. The van der Waals surface area contributed by atoms with Gasteiger partial charge < -0.3 is 9.88 Å². The Balaban J connectivity index is 2.12. The minimum atomic E-state index is -3.71. The van der Waals surface area contributed by atoms with Crippen LogP contribution in [0, 0.1) is 5.92 Å². The van der Waals surface area contributed by atoms with Gasteiger partial charge in [-0.2, -0.15) is 4.31 Å². The van der Waals surface area contributed by atoms with Crippen molar-refractivity contribution >= 4 is 15.9 Å². The monoisotopic (exact) mass is 447 g/mol. The molecule has 0 aliphatic rings. The highest BCUT2D eigenvalue weighted by Crippen LogP contribution is 2.16. The van der Waals surface area contributed by atoms with E-state index in [1.165, 1.54) is 28.2 Å². The van der Waals surface area contributed by atoms with E-state index in [9.17, 15) is 18.0 Å². The van der Waals surface area contributed by atoms with Crippen LogP contribution in [-0.4, -0.2) is 36.3 Å². The molecule has 1 N–H and O–H groups in total. The van der Waals surface area contributed by atoms with Crippen LogP contribution in [0.1, 0.15) is 51.8 Å². The lowest BCUT2D eigenvalue weighted by atomic mass is 10.00. The Morgan fingerprint density at radius 1 is 1.03 bits per heavy atom. The summed E-state index contributed by atoms with van der Waals surface area (Å²) >= 11 is 0. The van der Waals surface area contributed by atoms with Crippen LogP contribution in [0.4, 0.5) is 0 Å². The van der Waals surface area contributed by atoms with Crippen LogP contribution in [0.2, 0.25) is 0 Å². The highest BCUT2D eigenvalue weighted by Gasteiger charge is 2.22. The van der Waals surface area contributed by atoms with Gasteiger partial charge in [0.2, 0.25) is 15.9 Å².